The second-order valence-electron chi connectivity index (χ2n) is 5.10. The first-order valence-corrected chi connectivity index (χ1v) is 6.63. The molecule has 0 saturated heterocycles. The number of carbonyl (C=O) groups is 1. The van der Waals surface area contributed by atoms with Gasteiger partial charge in [0.1, 0.15) is 0 Å². The molecule has 2 N–H and O–H groups in total. The van der Waals surface area contributed by atoms with Gasteiger partial charge in [0, 0.05) is 17.3 Å². The summed E-state index contributed by atoms with van der Waals surface area (Å²) >= 11 is 0. The predicted molar refractivity (Wildman–Crippen MR) is 79.7 cm³/mol. The summed E-state index contributed by atoms with van der Waals surface area (Å²) in [6.45, 7) is 1.94. The summed E-state index contributed by atoms with van der Waals surface area (Å²) in [7, 11) is 0. The number of rotatable bonds is 2. The van der Waals surface area contributed by atoms with E-state index in [9.17, 15) is 15.0 Å². The maximum Gasteiger partial charge on any atom is 0.295 e. The molecule has 1 amide bonds. The molecular weight excluding hydrogens is 266 g/mol. The van der Waals surface area contributed by atoms with Gasteiger partial charge < -0.3 is 10.2 Å². The summed E-state index contributed by atoms with van der Waals surface area (Å²) in [5.41, 5.74) is 0.406. The first kappa shape index (κ1) is 13.4. The van der Waals surface area contributed by atoms with E-state index in [4.69, 9.17) is 0 Å². The van der Waals surface area contributed by atoms with E-state index in [0.717, 1.165) is 5.56 Å². The number of anilines is 1. The van der Waals surface area contributed by atoms with Crippen LogP contribution in [0, 0.1) is 6.92 Å². The number of aliphatic hydroxyl groups excluding tert-OH is 1. The van der Waals surface area contributed by atoms with Crippen molar-refractivity contribution in [3.63, 3.8) is 0 Å². The van der Waals surface area contributed by atoms with E-state index in [1.807, 2.05) is 25.1 Å². The van der Waals surface area contributed by atoms with Crippen LogP contribution in [0.4, 0.5) is 5.69 Å². The van der Waals surface area contributed by atoms with Crippen LogP contribution in [0.15, 0.2) is 66.4 Å². The van der Waals surface area contributed by atoms with Gasteiger partial charge in [-0.3, -0.25) is 9.69 Å². The van der Waals surface area contributed by atoms with Gasteiger partial charge in [0.2, 0.25) is 0 Å². The molecule has 2 aromatic rings. The smallest absolute Gasteiger partial charge is 0.295 e. The molecule has 4 nitrogen and oxygen atoms in total. The van der Waals surface area contributed by atoms with Crippen molar-refractivity contribution in [2.75, 3.05) is 4.90 Å². The Morgan fingerprint density at radius 1 is 1.00 bits per heavy atom. The molecule has 0 radical (unpaired) electrons. The predicted octanol–water partition coefficient (Wildman–Crippen LogP) is 2.63. The minimum atomic E-state index is -1.68. The van der Waals surface area contributed by atoms with Crippen molar-refractivity contribution in [2.45, 2.75) is 12.6 Å². The van der Waals surface area contributed by atoms with E-state index in [2.05, 4.69) is 0 Å². The Labute approximate surface area is 122 Å². The standard InChI is InChI=1S/C17H15NO3/c1-12-7-9-14(10-8-12)18-16(20)15(19)11-17(18,21)13-5-3-2-4-6-13/h2-11,19,21H,1H3. The van der Waals surface area contributed by atoms with Crippen LogP contribution in [0.2, 0.25) is 0 Å². The second-order valence-corrected chi connectivity index (χ2v) is 5.10. The Morgan fingerprint density at radius 3 is 2.24 bits per heavy atom. The van der Waals surface area contributed by atoms with Crippen molar-refractivity contribution in [3.05, 3.63) is 77.6 Å². The first-order chi connectivity index (χ1) is 10.0. The number of aliphatic hydroxyl groups is 2. The van der Waals surface area contributed by atoms with Crippen molar-refractivity contribution >= 4 is 11.6 Å². The van der Waals surface area contributed by atoms with Crippen LogP contribution in [0.5, 0.6) is 0 Å². The van der Waals surface area contributed by atoms with Crippen LogP contribution >= 0.6 is 0 Å². The van der Waals surface area contributed by atoms with Crippen LogP contribution in [0.1, 0.15) is 11.1 Å². The first-order valence-electron chi connectivity index (χ1n) is 6.63. The number of benzene rings is 2. The zero-order valence-corrected chi connectivity index (χ0v) is 11.5. The van der Waals surface area contributed by atoms with Gasteiger partial charge in [0.25, 0.3) is 5.91 Å². The lowest BCUT2D eigenvalue weighted by atomic mass is 10.0. The number of hydrogen-bond acceptors (Lipinski definition) is 3. The molecule has 106 valence electrons. The largest absolute Gasteiger partial charge is 0.503 e. The van der Waals surface area contributed by atoms with Gasteiger partial charge in [0.05, 0.1) is 0 Å². The second kappa shape index (κ2) is 4.75. The van der Waals surface area contributed by atoms with Crippen molar-refractivity contribution < 1.29 is 15.0 Å². The fraction of sp³-hybridized carbons (Fsp3) is 0.118. The van der Waals surface area contributed by atoms with Crippen molar-refractivity contribution in [2.24, 2.45) is 0 Å². The van der Waals surface area contributed by atoms with Crippen LogP contribution in [-0.4, -0.2) is 16.1 Å². The fourth-order valence-corrected chi connectivity index (χ4v) is 2.49. The third kappa shape index (κ3) is 2.10. The van der Waals surface area contributed by atoms with Gasteiger partial charge in [-0.2, -0.15) is 0 Å². The molecule has 0 fully saturated rings. The highest BCUT2D eigenvalue weighted by molar-refractivity contribution is 6.08. The third-order valence-electron chi connectivity index (χ3n) is 3.59. The lowest BCUT2D eigenvalue weighted by Gasteiger charge is -2.33. The molecule has 1 aliphatic heterocycles. The van der Waals surface area contributed by atoms with Crippen LogP contribution in [0.3, 0.4) is 0 Å². The zero-order chi connectivity index (χ0) is 15.0. The van der Waals surface area contributed by atoms with Crippen molar-refractivity contribution in [1.82, 2.24) is 0 Å². The summed E-state index contributed by atoms with van der Waals surface area (Å²) < 4.78 is 0. The van der Waals surface area contributed by atoms with Gasteiger partial charge >= 0.3 is 0 Å². The Kier molecular flexibility index (Phi) is 3.03. The molecule has 0 aliphatic carbocycles. The Morgan fingerprint density at radius 2 is 1.62 bits per heavy atom. The van der Waals surface area contributed by atoms with E-state index >= 15 is 0 Å². The highest BCUT2D eigenvalue weighted by Gasteiger charge is 2.46. The molecule has 4 heteroatoms. The molecule has 3 rings (SSSR count). The summed E-state index contributed by atoms with van der Waals surface area (Å²) in [6.07, 6.45) is 1.17. The minimum absolute atomic E-state index is 0.457. The van der Waals surface area contributed by atoms with Crippen molar-refractivity contribution in [1.29, 1.82) is 0 Å². The van der Waals surface area contributed by atoms with E-state index in [1.165, 1.54) is 11.0 Å². The quantitative estimate of drug-likeness (QED) is 0.889. The maximum absolute atomic E-state index is 12.2. The Balaban J connectivity index is 2.13. The van der Waals surface area contributed by atoms with Gasteiger partial charge in [-0.1, -0.05) is 48.0 Å². The zero-order valence-electron chi connectivity index (χ0n) is 11.5. The number of hydrogen-bond donors (Lipinski definition) is 2. The Bertz CT molecular complexity index is 707. The monoisotopic (exact) mass is 281 g/mol. The molecule has 0 spiro atoms. The van der Waals surface area contributed by atoms with E-state index in [0.29, 0.717) is 11.3 Å². The SMILES string of the molecule is Cc1ccc(N2C(=O)C(O)=CC2(O)c2ccccc2)cc1. The van der Waals surface area contributed by atoms with Crippen LogP contribution < -0.4 is 4.90 Å². The molecular formula is C17H15NO3. The molecule has 1 atom stereocenters. The highest BCUT2D eigenvalue weighted by Crippen LogP contribution is 2.38. The van der Waals surface area contributed by atoms with Crippen LogP contribution in [0.25, 0.3) is 0 Å². The van der Waals surface area contributed by atoms with Gasteiger partial charge in [0.15, 0.2) is 11.5 Å². The van der Waals surface area contributed by atoms with Gasteiger partial charge in [-0.15, -0.1) is 0 Å². The number of nitrogens with zero attached hydrogens (tertiary/aromatic N) is 1. The molecule has 1 aliphatic rings. The number of carbonyl (C=O) groups excluding carboxylic acids is 1. The molecule has 0 aromatic heterocycles. The summed E-state index contributed by atoms with van der Waals surface area (Å²) in [5, 5.41) is 20.7. The lowest BCUT2D eigenvalue weighted by Crippen LogP contribution is -2.44. The summed E-state index contributed by atoms with van der Waals surface area (Å²) in [4.78, 5) is 13.4. The normalized spacial score (nSPS) is 21.5. The molecule has 2 aromatic carbocycles. The topological polar surface area (TPSA) is 60.8 Å². The maximum atomic E-state index is 12.2. The molecule has 1 unspecified atom stereocenters. The third-order valence-corrected chi connectivity index (χ3v) is 3.59. The van der Waals surface area contributed by atoms with Gasteiger partial charge in [-0.25, -0.2) is 0 Å². The van der Waals surface area contributed by atoms with E-state index in [1.54, 1.807) is 36.4 Å². The summed E-state index contributed by atoms with van der Waals surface area (Å²) in [5.74, 6) is -1.08. The fourth-order valence-electron chi connectivity index (χ4n) is 2.49. The van der Waals surface area contributed by atoms with Crippen molar-refractivity contribution in [3.8, 4) is 0 Å². The molecule has 0 bridgehead atoms. The van der Waals surface area contributed by atoms with E-state index in [-0.39, 0.29) is 0 Å². The molecule has 0 saturated carbocycles. The number of aryl methyl sites for hydroxylation is 1. The highest BCUT2D eigenvalue weighted by atomic mass is 16.3. The average Bonchev–Trinajstić information content (AvgIpc) is 2.72. The number of amides is 1. The average molecular weight is 281 g/mol. The van der Waals surface area contributed by atoms with Crippen LogP contribution in [-0.2, 0) is 10.5 Å². The summed E-state index contributed by atoms with van der Waals surface area (Å²) in [6, 6.07) is 16.0. The Hall–Kier alpha value is -2.59. The van der Waals surface area contributed by atoms with Gasteiger partial charge in [-0.05, 0) is 19.1 Å². The minimum Gasteiger partial charge on any atom is -0.503 e. The molecule has 21 heavy (non-hydrogen) atoms. The lowest BCUT2D eigenvalue weighted by molar-refractivity contribution is -0.119. The van der Waals surface area contributed by atoms with E-state index < -0.39 is 17.4 Å². The molecule has 1 heterocycles.